The molecule has 21 heavy (non-hydrogen) atoms. The molecule has 5 heteroatoms. The van der Waals surface area contributed by atoms with Gasteiger partial charge in [0.25, 0.3) is 0 Å². The van der Waals surface area contributed by atoms with Crippen LogP contribution in [0.25, 0.3) is 0 Å². The first-order valence-electron chi connectivity index (χ1n) is 6.59. The van der Waals surface area contributed by atoms with Gasteiger partial charge in [-0.3, -0.25) is 0 Å². The Morgan fingerprint density at radius 3 is 2.48 bits per heavy atom. The van der Waals surface area contributed by atoms with E-state index >= 15 is 0 Å². The van der Waals surface area contributed by atoms with Crippen molar-refractivity contribution < 1.29 is 4.74 Å². The number of benzene rings is 2. The van der Waals surface area contributed by atoms with E-state index in [-0.39, 0.29) is 6.04 Å². The van der Waals surface area contributed by atoms with E-state index in [0.717, 1.165) is 17.7 Å². The second kappa shape index (κ2) is 7.37. The Balaban J connectivity index is 2.48. The van der Waals surface area contributed by atoms with Gasteiger partial charge < -0.3 is 10.1 Å². The summed E-state index contributed by atoms with van der Waals surface area (Å²) in [5, 5.41) is 5.06. The molecule has 2 aromatic carbocycles. The average molecular weight is 345 g/mol. The van der Waals surface area contributed by atoms with Crippen LogP contribution in [0.15, 0.2) is 36.4 Å². The maximum atomic E-state index is 6.34. The van der Waals surface area contributed by atoms with Crippen molar-refractivity contribution in [3.05, 3.63) is 62.6 Å². The van der Waals surface area contributed by atoms with Crippen molar-refractivity contribution in [2.24, 2.45) is 0 Å². The molecule has 2 aromatic rings. The fourth-order valence-electron chi connectivity index (χ4n) is 2.22. The fraction of sp³-hybridized carbons (Fsp3) is 0.250. The first-order valence-corrected chi connectivity index (χ1v) is 7.72. The van der Waals surface area contributed by atoms with Gasteiger partial charge in [0.1, 0.15) is 5.75 Å². The van der Waals surface area contributed by atoms with Gasteiger partial charge in [-0.1, -0.05) is 59.9 Å². The summed E-state index contributed by atoms with van der Waals surface area (Å²) in [7, 11) is 1.59. The molecular weight excluding hydrogens is 329 g/mol. The lowest BCUT2D eigenvalue weighted by Crippen LogP contribution is -2.22. The second-order valence-corrected chi connectivity index (χ2v) is 5.72. The molecule has 0 radical (unpaired) electrons. The van der Waals surface area contributed by atoms with Crippen LogP contribution in [0.3, 0.4) is 0 Å². The summed E-state index contributed by atoms with van der Waals surface area (Å²) >= 11 is 18.7. The van der Waals surface area contributed by atoms with Crippen LogP contribution >= 0.6 is 34.8 Å². The quantitative estimate of drug-likeness (QED) is 0.789. The van der Waals surface area contributed by atoms with E-state index in [1.165, 1.54) is 0 Å². The van der Waals surface area contributed by atoms with Crippen LogP contribution in [-0.4, -0.2) is 13.7 Å². The lowest BCUT2D eigenvalue weighted by atomic mass is 9.98. The van der Waals surface area contributed by atoms with E-state index < -0.39 is 0 Å². The molecule has 0 amide bonds. The topological polar surface area (TPSA) is 21.3 Å². The van der Waals surface area contributed by atoms with Crippen LogP contribution in [0, 0.1) is 0 Å². The van der Waals surface area contributed by atoms with E-state index in [0.29, 0.717) is 20.8 Å². The van der Waals surface area contributed by atoms with Crippen molar-refractivity contribution in [1.29, 1.82) is 0 Å². The first kappa shape index (κ1) is 16.4. The van der Waals surface area contributed by atoms with Crippen molar-refractivity contribution in [2.45, 2.75) is 13.0 Å². The van der Waals surface area contributed by atoms with Crippen LogP contribution in [-0.2, 0) is 0 Å². The molecule has 0 aromatic heterocycles. The van der Waals surface area contributed by atoms with Gasteiger partial charge >= 0.3 is 0 Å². The second-order valence-electron chi connectivity index (χ2n) is 4.53. The molecule has 112 valence electrons. The minimum absolute atomic E-state index is 0.0791. The minimum Gasteiger partial charge on any atom is -0.495 e. The number of hydrogen-bond acceptors (Lipinski definition) is 2. The monoisotopic (exact) mass is 343 g/mol. The van der Waals surface area contributed by atoms with Gasteiger partial charge in [-0.05, 0) is 35.9 Å². The summed E-state index contributed by atoms with van der Waals surface area (Å²) in [5.41, 5.74) is 1.93. The summed E-state index contributed by atoms with van der Waals surface area (Å²) in [6.45, 7) is 2.83. The van der Waals surface area contributed by atoms with Gasteiger partial charge in [0, 0.05) is 0 Å². The Labute approximate surface area is 140 Å². The molecule has 0 fully saturated rings. The number of rotatable bonds is 5. The number of ether oxygens (including phenoxy) is 1. The molecular formula is C16H16Cl3NO. The number of methoxy groups -OCH3 is 1. The van der Waals surface area contributed by atoms with E-state index in [1.54, 1.807) is 13.2 Å². The first-order chi connectivity index (χ1) is 10.1. The van der Waals surface area contributed by atoms with Crippen LogP contribution in [0.5, 0.6) is 5.75 Å². The van der Waals surface area contributed by atoms with Gasteiger partial charge in [0.05, 0.1) is 28.2 Å². The molecule has 2 rings (SSSR count). The molecule has 0 heterocycles. The Hall–Kier alpha value is -0.930. The van der Waals surface area contributed by atoms with E-state index in [1.807, 2.05) is 37.3 Å². The highest BCUT2D eigenvalue weighted by Gasteiger charge is 2.18. The summed E-state index contributed by atoms with van der Waals surface area (Å²) in [6.07, 6.45) is 0. The maximum absolute atomic E-state index is 6.34. The highest BCUT2D eigenvalue weighted by atomic mass is 35.5. The number of halogens is 3. The van der Waals surface area contributed by atoms with Gasteiger partial charge in [0.15, 0.2) is 0 Å². The van der Waals surface area contributed by atoms with Gasteiger partial charge in [-0.15, -0.1) is 0 Å². The summed E-state index contributed by atoms with van der Waals surface area (Å²) in [6, 6.07) is 11.2. The third-order valence-electron chi connectivity index (χ3n) is 3.21. The molecule has 2 nitrogen and oxygen atoms in total. The summed E-state index contributed by atoms with van der Waals surface area (Å²) in [5.74, 6) is 0.646. The third kappa shape index (κ3) is 3.64. The third-order valence-corrected chi connectivity index (χ3v) is 4.34. The zero-order valence-electron chi connectivity index (χ0n) is 11.8. The van der Waals surface area contributed by atoms with Crippen LogP contribution in [0.1, 0.15) is 24.1 Å². The smallest absolute Gasteiger partial charge is 0.137 e. The van der Waals surface area contributed by atoms with E-state index in [4.69, 9.17) is 39.5 Å². The lowest BCUT2D eigenvalue weighted by Gasteiger charge is -2.21. The van der Waals surface area contributed by atoms with Gasteiger partial charge in [0.2, 0.25) is 0 Å². The van der Waals surface area contributed by atoms with Crippen molar-refractivity contribution in [1.82, 2.24) is 5.32 Å². The van der Waals surface area contributed by atoms with Crippen molar-refractivity contribution in [2.75, 3.05) is 13.7 Å². The van der Waals surface area contributed by atoms with Gasteiger partial charge in [-0.2, -0.15) is 0 Å². The molecule has 0 aliphatic rings. The van der Waals surface area contributed by atoms with Crippen molar-refractivity contribution in [3.8, 4) is 5.75 Å². The molecule has 0 saturated carbocycles. The molecule has 0 saturated heterocycles. The van der Waals surface area contributed by atoms with Crippen LogP contribution in [0.4, 0.5) is 0 Å². The molecule has 1 N–H and O–H groups in total. The molecule has 0 spiro atoms. The predicted octanol–water partition coefficient (Wildman–Crippen LogP) is 5.35. The van der Waals surface area contributed by atoms with E-state index in [9.17, 15) is 0 Å². The molecule has 0 bridgehead atoms. The van der Waals surface area contributed by atoms with Gasteiger partial charge in [-0.25, -0.2) is 0 Å². The van der Waals surface area contributed by atoms with Crippen molar-refractivity contribution in [3.63, 3.8) is 0 Å². The molecule has 1 atom stereocenters. The SMILES string of the molecule is CCNC(c1ccc(OC)c(Cl)c1)c1cccc(Cl)c1Cl. The van der Waals surface area contributed by atoms with Crippen molar-refractivity contribution >= 4 is 34.8 Å². The average Bonchev–Trinajstić information content (AvgIpc) is 2.48. The van der Waals surface area contributed by atoms with Crippen LogP contribution in [0.2, 0.25) is 15.1 Å². The standard InChI is InChI=1S/C16H16Cl3NO/c1-3-20-16(11-5-4-6-12(17)15(11)19)10-7-8-14(21-2)13(18)9-10/h4-9,16,20H,3H2,1-2H3. The Kier molecular flexibility index (Phi) is 5.77. The molecule has 0 aliphatic carbocycles. The summed E-state index contributed by atoms with van der Waals surface area (Å²) in [4.78, 5) is 0. The Morgan fingerprint density at radius 2 is 1.86 bits per heavy atom. The van der Waals surface area contributed by atoms with E-state index in [2.05, 4.69) is 5.32 Å². The normalized spacial score (nSPS) is 12.2. The highest BCUT2D eigenvalue weighted by Crippen LogP contribution is 2.35. The zero-order chi connectivity index (χ0) is 15.4. The fourth-order valence-corrected chi connectivity index (χ4v) is 2.90. The maximum Gasteiger partial charge on any atom is 0.137 e. The molecule has 1 unspecified atom stereocenters. The number of nitrogens with one attached hydrogen (secondary N) is 1. The largest absolute Gasteiger partial charge is 0.495 e. The van der Waals surface area contributed by atoms with Crippen LogP contribution < -0.4 is 10.1 Å². The lowest BCUT2D eigenvalue weighted by molar-refractivity contribution is 0.414. The zero-order valence-corrected chi connectivity index (χ0v) is 14.1. The number of hydrogen-bond donors (Lipinski definition) is 1. The highest BCUT2D eigenvalue weighted by molar-refractivity contribution is 6.42. The summed E-state index contributed by atoms with van der Waals surface area (Å²) < 4.78 is 5.19. The Morgan fingerprint density at radius 1 is 1.10 bits per heavy atom. The Bertz CT molecular complexity index is 631. The molecule has 0 aliphatic heterocycles. The minimum atomic E-state index is -0.0791. The predicted molar refractivity (Wildman–Crippen MR) is 90.0 cm³/mol.